The van der Waals surface area contributed by atoms with Crippen LogP contribution in [0.5, 0.6) is 0 Å². The number of amides is 1. The van der Waals surface area contributed by atoms with Crippen LogP contribution in [0.3, 0.4) is 0 Å². The normalized spacial score (nSPS) is 22.3. The molecule has 1 amide bonds. The zero-order chi connectivity index (χ0) is 15.8. The first-order valence-corrected chi connectivity index (χ1v) is 9.26. The molecule has 0 radical (unpaired) electrons. The molecule has 1 aliphatic rings. The molecule has 0 aromatic heterocycles. The van der Waals surface area contributed by atoms with Crippen molar-refractivity contribution in [1.82, 2.24) is 0 Å². The summed E-state index contributed by atoms with van der Waals surface area (Å²) >= 11 is 1.64. The highest BCUT2D eigenvalue weighted by atomic mass is 32.2. The Labute approximate surface area is 129 Å². The Morgan fingerprint density at radius 2 is 2.05 bits per heavy atom. The van der Waals surface area contributed by atoms with Gasteiger partial charge in [-0.15, -0.1) is 11.8 Å². The molecule has 5 nitrogen and oxygen atoms in total. The average molecular weight is 328 g/mol. The molecule has 1 saturated heterocycles. The van der Waals surface area contributed by atoms with E-state index in [1.807, 2.05) is 13.8 Å². The van der Waals surface area contributed by atoms with Crippen molar-refractivity contribution in [3.05, 3.63) is 23.3 Å². The lowest BCUT2D eigenvalue weighted by Crippen LogP contribution is -2.35. The fourth-order valence-corrected chi connectivity index (χ4v) is 4.17. The first-order chi connectivity index (χ1) is 9.63. The maximum absolute atomic E-state index is 12.4. The number of nitrogens with one attached hydrogen (secondary N) is 1. The van der Waals surface area contributed by atoms with Crippen LogP contribution in [-0.4, -0.2) is 24.8 Å². The van der Waals surface area contributed by atoms with Gasteiger partial charge in [0.2, 0.25) is 15.9 Å². The van der Waals surface area contributed by atoms with Gasteiger partial charge >= 0.3 is 0 Å². The highest BCUT2D eigenvalue weighted by Crippen LogP contribution is 2.39. The molecule has 1 atom stereocenters. The molecule has 3 N–H and O–H groups in total. The van der Waals surface area contributed by atoms with Crippen molar-refractivity contribution < 1.29 is 13.2 Å². The van der Waals surface area contributed by atoms with Crippen molar-refractivity contribution in [3.8, 4) is 0 Å². The molecule has 7 heteroatoms. The molecule has 0 saturated carbocycles. The van der Waals surface area contributed by atoms with Crippen molar-refractivity contribution in [2.24, 2.45) is 5.14 Å². The molecule has 1 unspecified atom stereocenters. The van der Waals surface area contributed by atoms with Gasteiger partial charge in [-0.2, -0.15) is 0 Å². The molecule has 1 aromatic rings. The fraction of sp³-hybridized carbons (Fsp3) is 0.500. The number of benzene rings is 1. The van der Waals surface area contributed by atoms with Gasteiger partial charge < -0.3 is 5.32 Å². The summed E-state index contributed by atoms with van der Waals surface area (Å²) in [6, 6.07) is 2.95. The summed E-state index contributed by atoms with van der Waals surface area (Å²) in [5, 5.41) is 8.05. The van der Waals surface area contributed by atoms with E-state index < -0.39 is 14.8 Å². The zero-order valence-electron chi connectivity index (χ0n) is 12.4. The van der Waals surface area contributed by atoms with E-state index in [1.165, 1.54) is 12.1 Å². The third kappa shape index (κ3) is 3.41. The van der Waals surface area contributed by atoms with Crippen molar-refractivity contribution in [3.63, 3.8) is 0 Å². The minimum atomic E-state index is -3.79. The second-order valence-corrected chi connectivity index (χ2v) is 8.75. The van der Waals surface area contributed by atoms with Gasteiger partial charge in [0.1, 0.15) is 0 Å². The Kier molecular flexibility index (Phi) is 4.37. The number of thioether (sulfide) groups is 1. The van der Waals surface area contributed by atoms with Gasteiger partial charge in [-0.1, -0.05) is 0 Å². The van der Waals surface area contributed by atoms with Crippen LogP contribution in [0, 0.1) is 13.8 Å². The van der Waals surface area contributed by atoms with E-state index >= 15 is 0 Å². The van der Waals surface area contributed by atoms with Crippen molar-refractivity contribution in [2.75, 3.05) is 11.1 Å². The quantitative estimate of drug-likeness (QED) is 0.890. The van der Waals surface area contributed by atoms with Gasteiger partial charge in [0, 0.05) is 5.69 Å². The maximum atomic E-state index is 12.4. The molecule has 0 bridgehead atoms. The molecular weight excluding hydrogens is 308 g/mol. The average Bonchev–Trinajstić information content (AvgIpc) is 2.81. The number of carbonyl (C=O) groups is 1. The third-order valence-electron chi connectivity index (χ3n) is 3.92. The van der Waals surface area contributed by atoms with Gasteiger partial charge in [0.15, 0.2) is 0 Å². The molecule has 0 aliphatic carbocycles. The van der Waals surface area contributed by atoms with Gasteiger partial charge in [0.05, 0.1) is 9.64 Å². The number of rotatable bonds is 3. The fourth-order valence-electron chi connectivity index (χ4n) is 2.33. The monoisotopic (exact) mass is 328 g/mol. The van der Waals surface area contributed by atoms with E-state index in [1.54, 1.807) is 18.7 Å². The van der Waals surface area contributed by atoms with E-state index in [4.69, 9.17) is 5.14 Å². The molecule has 1 fully saturated rings. The van der Waals surface area contributed by atoms with Gasteiger partial charge in [-0.3, -0.25) is 4.79 Å². The summed E-state index contributed by atoms with van der Waals surface area (Å²) in [6.45, 7) is 5.57. The van der Waals surface area contributed by atoms with E-state index in [9.17, 15) is 13.2 Å². The number of anilines is 1. The highest BCUT2D eigenvalue weighted by Gasteiger charge is 2.37. The number of hydrogen-bond donors (Lipinski definition) is 2. The van der Waals surface area contributed by atoms with Crippen molar-refractivity contribution >= 4 is 33.4 Å². The summed E-state index contributed by atoms with van der Waals surface area (Å²) < 4.78 is 22.6. The summed E-state index contributed by atoms with van der Waals surface area (Å²) in [4.78, 5) is 12.5. The number of primary sulfonamides is 1. The van der Waals surface area contributed by atoms with E-state index in [0.29, 0.717) is 5.69 Å². The number of hydrogen-bond acceptors (Lipinski definition) is 4. The standard InChI is InChI=1S/C14H20N2O3S2/c1-9-7-11(21(15,18)19)8-12(10(9)2)16-13(17)14(3)5-4-6-20-14/h7-8H,4-6H2,1-3H3,(H,16,17)(H2,15,18,19). The molecule has 116 valence electrons. The Morgan fingerprint density at radius 1 is 1.38 bits per heavy atom. The second-order valence-electron chi connectivity index (χ2n) is 5.59. The number of carbonyl (C=O) groups excluding carboxylic acids is 1. The summed E-state index contributed by atoms with van der Waals surface area (Å²) in [6.07, 6.45) is 1.85. The Bertz CT molecular complexity index is 678. The third-order valence-corrected chi connectivity index (χ3v) is 6.33. The largest absolute Gasteiger partial charge is 0.325 e. The van der Waals surface area contributed by atoms with Crippen LogP contribution in [0.4, 0.5) is 5.69 Å². The van der Waals surface area contributed by atoms with Gasteiger partial charge in [-0.05, 0) is 62.6 Å². The highest BCUT2D eigenvalue weighted by molar-refractivity contribution is 8.01. The molecule has 0 spiro atoms. The van der Waals surface area contributed by atoms with Crippen LogP contribution in [-0.2, 0) is 14.8 Å². The number of aryl methyl sites for hydroxylation is 1. The first kappa shape index (κ1) is 16.3. The van der Waals surface area contributed by atoms with Crippen LogP contribution in [0.25, 0.3) is 0 Å². The predicted molar refractivity (Wildman–Crippen MR) is 86.0 cm³/mol. The van der Waals surface area contributed by atoms with E-state index in [0.717, 1.165) is 29.7 Å². The van der Waals surface area contributed by atoms with Crippen LogP contribution in [0.1, 0.15) is 30.9 Å². The molecule has 1 aromatic carbocycles. The molecule has 21 heavy (non-hydrogen) atoms. The molecule has 1 aliphatic heterocycles. The van der Waals surface area contributed by atoms with E-state index in [2.05, 4.69) is 5.32 Å². The summed E-state index contributed by atoms with van der Waals surface area (Å²) in [7, 11) is -3.79. The molecular formula is C14H20N2O3S2. The maximum Gasteiger partial charge on any atom is 0.240 e. The number of nitrogens with two attached hydrogens (primary N) is 1. The zero-order valence-corrected chi connectivity index (χ0v) is 14.0. The van der Waals surface area contributed by atoms with Gasteiger partial charge in [0.25, 0.3) is 0 Å². The Morgan fingerprint density at radius 3 is 2.57 bits per heavy atom. The van der Waals surface area contributed by atoms with Crippen LogP contribution >= 0.6 is 11.8 Å². The van der Waals surface area contributed by atoms with Crippen LogP contribution < -0.4 is 10.5 Å². The summed E-state index contributed by atoms with van der Waals surface area (Å²) in [5.41, 5.74) is 2.14. The SMILES string of the molecule is Cc1cc(S(N)(=O)=O)cc(NC(=O)C2(C)CCCS2)c1C. The molecule has 1 heterocycles. The number of sulfonamides is 1. The second kappa shape index (κ2) is 5.62. The molecule has 2 rings (SSSR count). The first-order valence-electron chi connectivity index (χ1n) is 6.73. The minimum Gasteiger partial charge on any atom is -0.325 e. The Balaban J connectivity index is 2.36. The smallest absolute Gasteiger partial charge is 0.240 e. The van der Waals surface area contributed by atoms with Crippen molar-refractivity contribution in [2.45, 2.75) is 43.3 Å². The van der Waals surface area contributed by atoms with Crippen molar-refractivity contribution in [1.29, 1.82) is 0 Å². The van der Waals surface area contributed by atoms with Crippen LogP contribution in [0.15, 0.2) is 17.0 Å². The summed E-state index contributed by atoms with van der Waals surface area (Å²) in [5.74, 6) is 0.887. The lowest BCUT2D eigenvalue weighted by atomic mass is 10.0. The predicted octanol–water partition coefficient (Wildman–Crippen LogP) is 2.18. The van der Waals surface area contributed by atoms with Gasteiger partial charge in [-0.25, -0.2) is 13.6 Å². The lowest BCUT2D eigenvalue weighted by molar-refractivity contribution is -0.118. The van der Waals surface area contributed by atoms with E-state index in [-0.39, 0.29) is 10.8 Å². The topological polar surface area (TPSA) is 89.3 Å². The Hall–Kier alpha value is -1.05. The minimum absolute atomic E-state index is 0.0186. The lowest BCUT2D eigenvalue weighted by Gasteiger charge is -2.22. The van der Waals surface area contributed by atoms with Crippen LogP contribution in [0.2, 0.25) is 0 Å².